The highest BCUT2D eigenvalue weighted by atomic mass is 35.5. The first-order chi connectivity index (χ1) is 14.2. The first-order valence-corrected chi connectivity index (χ1v) is 12.0. The molecular weight excluding hydrogens is 427 g/mol. The Kier molecular flexibility index (Phi) is 7.16. The molecule has 2 aromatic rings. The first-order valence-electron chi connectivity index (χ1n) is 9.99. The number of piperidine rings is 1. The molecule has 0 aliphatic carbocycles. The molecule has 1 heterocycles. The van der Waals surface area contributed by atoms with Crippen LogP contribution in [0.1, 0.15) is 43.7 Å². The van der Waals surface area contributed by atoms with Gasteiger partial charge in [-0.25, -0.2) is 17.1 Å². The second-order valence-corrected chi connectivity index (χ2v) is 10.3. The van der Waals surface area contributed by atoms with E-state index < -0.39 is 21.6 Å². The van der Waals surface area contributed by atoms with Crippen LogP contribution in [0.4, 0.5) is 10.1 Å². The van der Waals surface area contributed by atoms with Gasteiger partial charge in [0.1, 0.15) is 5.82 Å². The number of amides is 1. The van der Waals surface area contributed by atoms with Crippen molar-refractivity contribution in [2.45, 2.75) is 38.4 Å². The molecule has 0 unspecified atom stereocenters. The summed E-state index contributed by atoms with van der Waals surface area (Å²) in [5, 5.41) is 3.01. The number of benzene rings is 2. The molecule has 5 nitrogen and oxygen atoms in total. The molecule has 30 heavy (non-hydrogen) atoms. The molecule has 1 saturated heterocycles. The Balaban J connectivity index is 1.57. The highest BCUT2D eigenvalue weighted by Crippen LogP contribution is 2.27. The van der Waals surface area contributed by atoms with Gasteiger partial charge < -0.3 is 5.32 Å². The lowest BCUT2D eigenvalue weighted by Crippen LogP contribution is -2.42. The van der Waals surface area contributed by atoms with E-state index in [-0.39, 0.29) is 35.5 Å². The van der Waals surface area contributed by atoms with Gasteiger partial charge in [-0.3, -0.25) is 4.79 Å². The maximum absolute atomic E-state index is 14.0. The lowest BCUT2D eigenvalue weighted by atomic mass is 9.97. The minimum absolute atomic E-state index is 0.0242. The van der Waals surface area contributed by atoms with Gasteiger partial charge in [0, 0.05) is 35.3 Å². The van der Waals surface area contributed by atoms with Crippen molar-refractivity contribution in [2.24, 2.45) is 5.92 Å². The Morgan fingerprint density at radius 2 is 1.80 bits per heavy atom. The second kappa shape index (κ2) is 9.45. The van der Waals surface area contributed by atoms with Gasteiger partial charge in [0.05, 0.1) is 5.75 Å². The third kappa shape index (κ3) is 5.39. The fourth-order valence-electron chi connectivity index (χ4n) is 3.54. The van der Waals surface area contributed by atoms with Crippen LogP contribution < -0.4 is 5.32 Å². The summed E-state index contributed by atoms with van der Waals surface area (Å²) in [6, 6.07) is 11.8. The molecule has 1 aliphatic heterocycles. The molecule has 1 amide bonds. The molecule has 1 fully saturated rings. The van der Waals surface area contributed by atoms with E-state index in [1.807, 2.05) is 24.3 Å². The van der Waals surface area contributed by atoms with Crippen molar-refractivity contribution < 1.29 is 17.6 Å². The summed E-state index contributed by atoms with van der Waals surface area (Å²) >= 11 is 5.97. The molecule has 0 aromatic heterocycles. The van der Waals surface area contributed by atoms with Gasteiger partial charge in [0.15, 0.2) is 0 Å². The number of hydrogen-bond donors (Lipinski definition) is 1. The molecule has 0 atom stereocenters. The standard InChI is InChI=1S/C22H26ClFN2O3S/c1-15(2)16-6-8-18(9-7-16)25-22(27)17-10-12-26(13-11-17)30(28,29)14-19-20(23)4-3-5-21(19)24/h3-9,15,17H,10-14H2,1-2H3,(H,25,27). The highest BCUT2D eigenvalue weighted by Gasteiger charge is 2.32. The molecule has 0 spiro atoms. The minimum Gasteiger partial charge on any atom is -0.326 e. The summed E-state index contributed by atoms with van der Waals surface area (Å²) in [5.74, 6) is -1.08. The summed E-state index contributed by atoms with van der Waals surface area (Å²) in [7, 11) is -3.73. The van der Waals surface area contributed by atoms with Crippen LogP contribution in [0.25, 0.3) is 0 Å². The van der Waals surface area contributed by atoms with Crippen molar-refractivity contribution in [3.05, 3.63) is 64.4 Å². The van der Waals surface area contributed by atoms with Crippen LogP contribution >= 0.6 is 11.6 Å². The van der Waals surface area contributed by atoms with Crippen molar-refractivity contribution in [2.75, 3.05) is 18.4 Å². The van der Waals surface area contributed by atoms with Crippen LogP contribution in [-0.2, 0) is 20.6 Å². The van der Waals surface area contributed by atoms with Gasteiger partial charge in [-0.1, -0.05) is 43.6 Å². The number of carbonyl (C=O) groups excluding carboxylic acids is 1. The number of halogens is 2. The Morgan fingerprint density at radius 3 is 2.37 bits per heavy atom. The predicted octanol–water partition coefficient (Wildman–Crippen LogP) is 4.78. The van der Waals surface area contributed by atoms with Crippen LogP contribution in [-0.4, -0.2) is 31.7 Å². The van der Waals surface area contributed by atoms with Gasteiger partial charge in [-0.15, -0.1) is 0 Å². The van der Waals surface area contributed by atoms with Crippen molar-refractivity contribution in [1.29, 1.82) is 0 Å². The molecule has 0 bridgehead atoms. The molecular formula is C22H26ClFN2O3S. The molecule has 1 N–H and O–H groups in total. The normalized spacial score (nSPS) is 16.0. The predicted molar refractivity (Wildman–Crippen MR) is 117 cm³/mol. The zero-order valence-electron chi connectivity index (χ0n) is 17.1. The second-order valence-electron chi connectivity index (χ2n) is 7.90. The largest absolute Gasteiger partial charge is 0.326 e. The number of nitrogens with one attached hydrogen (secondary N) is 1. The first kappa shape index (κ1) is 22.7. The van der Waals surface area contributed by atoms with Crippen molar-refractivity contribution in [1.82, 2.24) is 4.31 Å². The van der Waals surface area contributed by atoms with E-state index in [4.69, 9.17) is 11.6 Å². The van der Waals surface area contributed by atoms with E-state index in [9.17, 15) is 17.6 Å². The van der Waals surface area contributed by atoms with Crippen molar-refractivity contribution in [3.63, 3.8) is 0 Å². The summed E-state index contributed by atoms with van der Waals surface area (Å²) in [5.41, 5.74) is 1.90. The monoisotopic (exact) mass is 452 g/mol. The highest BCUT2D eigenvalue weighted by molar-refractivity contribution is 7.88. The average Bonchev–Trinajstić information content (AvgIpc) is 2.71. The average molecular weight is 453 g/mol. The maximum atomic E-state index is 14.0. The van der Waals surface area contributed by atoms with E-state index in [1.54, 1.807) is 0 Å². The Hall–Kier alpha value is -1.96. The van der Waals surface area contributed by atoms with Gasteiger partial charge in [0.2, 0.25) is 15.9 Å². The van der Waals surface area contributed by atoms with Gasteiger partial charge in [0.25, 0.3) is 0 Å². The van der Waals surface area contributed by atoms with E-state index in [0.717, 1.165) is 5.69 Å². The quantitative estimate of drug-likeness (QED) is 0.685. The summed E-state index contributed by atoms with van der Waals surface area (Å²) in [6.45, 7) is 4.66. The summed E-state index contributed by atoms with van der Waals surface area (Å²) in [6.07, 6.45) is 0.834. The topological polar surface area (TPSA) is 66.5 Å². The van der Waals surface area contributed by atoms with Crippen molar-refractivity contribution >= 4 is 33.2 Å². The third-order valence-electron chi connectivity index (χ3n) is 5.45. The van der Waals surface area contributed by atoms with E-state index in [1.165, 1.54) is 28.1 Å². The number of sulfonamides is 1. The number of carbonyl (C=O) groups is 1. The zero-order chi connectivity index (χ0) is 21.9. The molecule has 0 radical (unpaired) electrons. The van der Waals surface area contributed by atoms with Crippen LogP contribution in [0.5, 0.6) is 0 Å². The minimum atomic E-state index is -3.73. The lowest BCUT2D eigenvalue weighted by Gasteiger charge is -2.30. The Labute approximate surface area is 182 Å². The summed E-state index contributed by atoms with van der Waals surface area (Å²) in [4.78, 5) is 12.6. The SMILES string of the molecule is CC(C)c1ccc(NC(=O)C2CCN(S(=O)(=O)Cc3c(F)cccc3Cl)CC2)cc1. The van der Waals surface area contributed by atoms with Crippen LogP contribution in [0.3, 0.4) is 0 Å². The van der Waals surface area contributed by atoms with Crippen LogP contribution in [0.2, 0.25) is 5.02 Å². The van der Waals surface area contributed by atoms with E-state index >= 15 is 0 Å². The lowest BCUT2D eigenvalue weighted by molar-refractivity contribution is -0.120. The number of rotatable bonds is 6. The van der Waals surface area contributed by atoms with Crippen molar-refractivity contribution in [3.8, 4) is 0 Å². The Bertz CT molecular complexity index is 981. The number of anilines is 1. The molecule has 3 rings (SSSR count). The van der Waals surface area contributed by atoms with E-state index in [0.29, 0.717) is 18.8 Å². The summed E-state index contributed by atoms with van der Waals surface area (Å²) < 4.78 is 40.7. The smallest absolute Gasteiger partial charge is 0.227 e. The molecule has 0 saturated carbocycles. The molecule has 8 heteroatoms. The Morgan fingerprint density at radius 1 is 1.17 bits per heavy atom. The fourth-order valence-corrected chi connectivity index (χ4v) is 5.45. The molecule has 162 valence electrons. The molecule has 1 aliphatic rings. The third-order valence-corrected chi connectivity index (χ3v) is 7.61. The number of nitrogens with zero attached hydrogens (tertiary/aromatic N) is 1. The van der Waals surface area contributed by atoms with Crippen LogP contribution in [0.15, 0.2) is 42.5 Å². The zero-order valence-corrected chi connectivity index (χ0v) is 18.6. The fraction of sp³-hybridized carbons (Fsp3) is 0.409. The van der Waals surface area contributed by atoms with Crippen LogP contribution in [0, 0.1) is 11.7 Å². The van der Waals surface area contributed by atoms with E-state index in [2.05, 4.69) is 19.2 Å². The maximum Gasteiger partial charge on any atom is 0.227 e. The number of hydrogen-bond acceptors (Lipinski definition) is 3. The van der Waals surface area contributed by atoms with Gasteiger partial charge in [-0.05, 0) is 48.6 Å². The van der Waals surface area contributed by atoms with Gasteiger partial charge >= 0.3 is 0 Å². The molecule has 2 aromatic carbocycles. The van der Waals surface area contributed by atoms with Gasteiger partial charge in [-0.2, -0.15) is 0 Å².